The van der Waals surface area contributed by atoms with Crippen molar-refractivity contribution in [1.82, 2.24) is 0 Å². The molecule has 0 heterocycles. The Morgan fingerprint density at radius 2 is 1.00 bits per heavy atom. The van der Waals surface area contributed by atoms with E-state index in [0.29, 0.717) is 0 Å². The Morgan fingerprint density at radius 3 is 1.61 bits per heavy atom. The van der Waals surface area contributed by atoms with E-state index in [1.807, 2.05) is 0 Å². The van der Waals surface area contributed by atoms with Crippen LogP contribution in [-0.4, -0.2) is 0 Å². The average molecular weight is 373 g/mol. The lowest BCUT2D eigenvalue weighted by Crippen LogP contribution is -1.75. The average Bonchev–Trinajstić information content (AvgIpc) is 2.70. The minimum Gasteiger partial charge on any atom is -0.0656 e. The summed E-state index contributed by atoms with van der Waals surface area (Å²) >= 11 is 0. The highest BCUT2D eigenvalue weighted by atomic mass is 14.0. The van der Waals surface area contributed by atoms with Crippen LogP contribution < -0.4 is 0 Å². The van der Waals surface area contributed by atoms with E-state index in [1.165, 1.54) is 45.5 Å². The maximum atomic E-state index is 2.20. The van der Waals surface area contributed by atoms with Crippen LogP contribution in [0.5, 0.6) is 0 Å². The van der Waals surface area contributed by atoms with Crippen molar-refractivity contribution in [3.8, 4) is 0 Å². The van der Waals surface area contributed by atoms with Crippen LogP contribution in [0.15, 0.2) is 84.9 Å². The number of hydrogen-bond acceptors (Lipinski definition) is 0. The van der Waals surface area contributed by atoms with Gasteiger partial charge < -0.3 is 0 Å². The van der Waals surface area contributed by atoms with Gasteiger partial charge in [0.1, 0.15) is 0 Å². The SMILES string of the molecule is CCC.CCC.Cc1ccc2ccccc2c1.Cc1cccc2ccccc12. The molecule has 0 amide bonds. The van der Waals surface area contributed by atoms with E-state index in [9.17, 15) is 0 Å². The Morgan fingerprint density at radius 1 is 0.500 bits per heavy atom. The zero-order valence-corrected chi connectivity index (χ0v) is 18.5. The maximum absolute atomic E-state index is 2.20. The van der Waals surface area contributed by atoms with Crippen molar-refractivity contribution in [3.05, 3.63) is 96.1 Å². The van der Waals surface area contributed by atoms with Gasteiger partial charge in [0.25, 0.3) is 0 Å². The summed E-state index contributed by atoms with van der Waals surface area (Å²) in [4.78, 5) is 0. The van der Waals surface area contributed by atoms with Gasteiger partial charge in [-0.2, -0.15) is 0 Å². The van der Waals surface area contributed by atoms with Gasteiger partial charge in [-0.25, -0.2) is 0 Å². The molecule has 28 heavy (non-hydrogen) atoms. The first-order valence-electron chi connectivity index (χ1n) is 10.5. The number of rotatable bonds is 0. The van der Waals surface area contributed by atoms with E-state index < -0.39 is 0 Å². The van der Waals surface area contributed by atoms with E-state index >= 15 is 0 Å². The van der Waals surface area contributed by atoms with Crippen LogP contribution >= 0.6 is 0 Å². The molecule has 0 atom stereocenters. The fourth-order valence-corrected chi connectivity index (χ4v) is 2.70. The van der Waals surface area contributed by atoms with Crippen molar-refractivity contribution in [2.75, 3.05) is 0 Å². The van der Waals surface area contributed by atoms with Gasteiger partial charge in [-0.15, -0.1) is 0 Å². The molecule has 0 spiro atoms. The van der Waals surface area contributed by atoms with Crippen LogP contribution in [0.25, 0.3) is 21.5 Å². The first kappa shape index (κ1) is 23.4. The predicted octanol–water partition coefficient (Wildman–Crippen LogP) is 9.13. The van der Waals surface area contributed by atoms with Gasteiger partial charge in [0.2, 0.25) is 0 Å². The number of hydrogen-bond donors (Lipinski definition) is 0. The van der Waals surface area contributed by atoms with Crippen LogP contribution in [0, 0.1) is 13.8 Å². The van der Waals surface area contributed by atoms with Crippen molar-refractivity contribution < 1.29 is 0 Å². The van der Waals surface area contributed by atoms with Gasteiger partial charge in [-0.3, -0.25) is 0 Å². The van der Waals surface area contributed by atoms with Crippen LogP contribution in [0.4, 0.5) is 0 Å². The molecule has 148 valence electrons. The molecule has 4 aromatic rings. The Hall–Kier alpha value is -2.60. The molecule has 0 heteroatoms. The van der Waals surface area contributed by atoms with Gasteiger partial charge in [0.05, 0.1) is 0 Å². The topological polar surface area (TPSA) is 0 Å². The molecule has 0 unspecified atom stereocenters. The molecule has 0 saturated heterocycles. The molecular weight excluding hydrogens is 336 g/mol. The predicted molar refractivity (Wildman–Crippen MR) is 129 cm³/mol. The first-order chi connectivity index (χ1) is 13.6. The van der Waals surface area contributed by atoms with E-state index in [4.69, 9.17) is 0 Å². The van der Waals surface area contributed by atoms with Gasteiger partial charge in [0.15, 0.2) is 0 Å². The Labute approximate surface area is 172 Å². The van der Waals surface area contributed by atoms with Gasteiger partial charge >= 0.3 is 0 Å². The smallest absolute Gasteiger partial charge is 0.0155 e. The summed E-state index contributed by atoms with van der Waals surface area (Å²) < 4.78 is 0. The molecule has 0 radical (unpaired) electrons. The third-order valence-corrected chi connectivity index (χ3v) is 3.91. The van der Waals surface area contributed by atoms with Crippen molar-refractivity contribution in [3.63, 3.8) is 0 Å². The molecular formula is C28H36. The second kappa shape index (κ2) is 13.6. The molecule has 0 saturated carbocycles. The molecule has 0 fully saturated rings. The fraction of sp³-hybridized carbons (Fsp3) is 0.286. The molecule has 0 aliphatic heterocycles. The lowest BCUT2D eigenvalue weighted by molar-refractivity contribution is 1.09. The molecule has 4 aromatic carbocycles. The lowest BCUT2D eigenvalue weighted by atomic mass is 10.1. The largest absolute Gasteiger partial charge is 0.0656 e. The summed E-state index contributed by atoms with van der Waals surface area (Å²) in [6, 6.07) is 29.7. The monoisotopic (exact) mass is 372 g/mol. The minimum absolute atomic E-state index is 1.25. The van der Waals surface area contributed by atoms with Gasteiger partial charge in [0, 0.05) is 0 Å². The quantitative estimate of drug-likeness (QED) is 0.288. The second-order valence-corrected chi connectivity index (χ2v) is 7.06. The Balaban J connectivity index is 0.000000220. The summed E-state index contributed by atoms with van der Waals surface area (Å²) in [6.07, 6.45) is 2.50. The highest BCUT2D eigenvalue weighted by Crippen LogP contribution is 2.16. The van der Waals surface area contributed by atoms with E-state index in [1.54, 1.807) is 0 Å². The van der Waals surface area contributed by atoms with Crippen LogP contribution in [0.3, 0.4) is 0 Å². The first-order valence-corrected chi connectivity index (χ1v) is 10.5. The molecule has 0 N–H and O–H groups in total. The fourth-order valence-electron chi connectivity index (χ4n) is 2.70. The molecule has 0 bridgehead atoms. The third kappa shape index (κ3) is 7.96. The van der Waals surface area contributed by atoms with Crippen molar-refractivity contribution in [1.29, 1.82) is 0 Å². The Bertz CT molecular complexity index is 921. The highest BCUT2D eigenvalue weighted by Gasteiger charge is 1.92. The number of fused-ring (bicyclic) bond motifs is 2. The Kier molecular flexibility index (Phi) is 11.3. The van der Waals surface area contributed by atoms with E-state index in [-0.39, 0.29) is 0 Å². The second-order valence-electron chi connectivity index (χ2n) is 7.06. The normalized spacial score (nSPS) is 9.36. The maximum Gasteiger partial charge on any atom is -0.0155 e. The summed E-state index contributed by atoms with van der Waals surface area (Å²) in [6.45, 7) is 12.8. The highest BCUT2D eigenvalue weighted by molar-refractivity contribution is 5.85. The molecule has 0 aliphatic rings. The third-order valence-electron chi connectivity index (χ3n) is 3.91. The van der Waals surface area contributed by atoms with E-state index in [0.717, 1.165) is 0 Å². The zero-order chi connectivity index (χ0) is 20.8. The summed E-state index contributed by atoms with van der Waals surface area (Å²) in [5, 5.41) is 5.33. The molecule has 0 aliphatic carbocycles. The number of aryl methyl sites for hydroxylation is 2. The molecule has 0 aromatic heterocycles. The minimum atomic E-state index is 1.25. The van der Waals surface area contributed by atoms with Crippen molar-refractivity contribution >= 4 is 21.5 Å². The lowest BCUT2D eigenvalue weighted by Gasteiger charge is -1.98. The van der Waals surface area contributed by atoms with E-state index in [2.05, 4.69) is 126 Å². The summed E-state index contributed by atoms with van der Waals surface area (Å²) in [5.74, 6) is 0. The van der Waals surface area contributed by atoms with Crippen LogP contribution in [-0.2, 0) is 0 Å². The number of benzene rings is 4. The summed E-state index contributed by atoms with van der Waals surface area (Å²) in [5.41, 5.74) is 2.67. The van der Waals surface area contributed by atoms with Crippen molar-refractivity contribution in [2.45, 2.75) is 54.4 Å². The van der Waals surface area contributed by atoms with Gasteiger partial charge in [-0.05, 0) is 41.0 Å². The molecule has 0 nitrogen and oxygen atoms in total. The zero-order valence-electron chi connectivity index (χ0n) is 18.5. The van der Waals surface area contributed by atoms with Crippen LogP contribution in [0.2, 0.25) is 0 Å². The molecule has 4 rings (SSSR count). The van der Waals surface area contributed by atoms with Crippen LogP contribution in [0.1, 0.15) is 51.7 Å². The summed E-state index contributed by atoms with van der Waals surface area (Å²) in [7, 11) is 0. The van der Waals surface area contributed by atoms with Gasteiger partial charge in [-0.1, -0.05) is 131 Å². The standard InChI is InChI=1S/2C11H10.2C3H8/c1-9-5-4-7-10-6-2-3-8-11(9)10;1-9-6-7-10-4-2-3-5-11(10)8-9;2*1-3-2/h2*2-8H,1H3;2*3H2,1-2H3. The van der Waals surface area contributed by atoms with Crippen molar-refractivity contribution in [2.24, 2.45) is 0 Å².